The Balaban J connectivity index is 2.56. The second kappa shape index (κ2) is 6.00. The maximum absolute atomic E-state index is 10.0. The van der Waals surface area contributed by atoms with Crippen molar-refractivity contribution in [3.05, 3.63) is 47.0 Å². The van der Waals surface area contributed by atoms with Gasteiger partial charge in [0.05, 0.1) is 0 Å². The molecule has 2 nitrogen and oxygen atoms in total. The zero-order chi connectivity index (χ0) is 14.7. The maximum atomic E-state index is 10.0. The molecule has 0 atom stereocenters. The van der Waals surface area contributed by atoms with Crippen LogP contribution in [0.3, 0.4) is 0 Å². The molecule has 2 N–H and O–H groups in total. The van der Waals surface area contributed by atoms with Crippen LogP contribution in [0.4, 0.5) is 0 Å². The fourth-order valence-electron chi connectivity index (χ4n) is 2.51. The van der Waals surface area contributed by atoms with E-state index < -0.39 is 0 Å². The predicted octanol–water partition coefficient (Wildman–Crippen LogP) is 4.45. The van der Waals surface area contributed by atoms with Crippen LogP contribution in [0.1, 0.15) is 37.5 Å². The Labute approximate surface area is 120 Å². The summed E-state index contributed by atoms with van der Waals surface area (Å²) in [6, 6.07) is 9.95. The summed E-state index contributed by atoms with van der Waals surface area (Å²) < 4.78 is 0. The van der Waals surface area contributed by atoms with E-state index in [4.69, 9.17) is 0 Å². The second-order valence-corrected chi connectivity index (χ2v) is 5.09. The van der Waals surface area contributed by atoms with E-state index >= 15 is 0 Å². The van der Waals surface area contributed by atoms with Gasteiger partial charge in [0.15, 0.2) is 0 Å². The number of hydrogen-bond donors (Lipinski definition) is 2. The Hall–Kier alpha value is -1.96. The Kier molecular flexibility index (Phi) is 4.33. The summed E-state index contributed by atoms with van der Waals surface area (Å²) in [5.74, 6) is 0.338. The predicted molar refractivity (Wildman–Crippen MR) is 83.3 cm³/mol. The van der Waals surface area contributed by atoms with Crippen molar-refractivity contribution in [3.8, 4) is 22.6 Å². The first kappa shape index (κ1) is 14.4. The number of rotatable bonds is 4. The molecule has 0 saturated heterocycles. The molecule has 0 unspecified atom stereocenters. The van der Waals surface area contributed by atoms with Gasteiger partial charge in [-0.3, -0.25) is 0 Å². The van der Waals surface area contributed by atoms with E-state index in [9.17, 15) is 10.2 Å². The fourth-order valence-corrected chi connectivity index (χ4v) is 2.51. The largest absolute Gasteiger partial charge is 0.508 e. The lowest BCUT2D eigenvalue weighted by Crippen LogP contribution is -1.90. The van der Waals surface area contributed by atoms with Crippen molar-refractivity contribution in [1.82, 2.24) is 0 Å². The van der Waals surface area contributed by atoms with Crippen molar-refractivity contribution in [2.45, 2.75) is 40.0 Å². The number of hydrogen-bond acceptors (Lipinski definition) is 2. The van der Waals surface area contributed by atoms with Crippen molar-refractivity contribution < 1.29 is 10.2 Å². The second-order valence-electron chi connectivity index (χ2n) is 5.09. The van der Waals surface area contributed by atoms with Crippen LogP contribution in [0, 0.1) is 0 Å². The molecule has 0 bridgehead atoms. The smallest absolute Gasteiger partial charge is 0.123 e. The molecule has 0 aliphatic carbocycles. The average molecular weight is 270 g/mol. The highest BCUT2D eigenvalue weighted by atomic mass is 16.3. The molecule has 0 aliphatic rings. The molecule has 0 heterocycles. The topological polar surface area (TPSA) is 40.5 Å². The average Bonchev–Trinajstić information content (AvgIpc) is 2.46. The highest BCUT2D eigenvalue weighted by Gasteiger charge is 2.10. The first-order valence-corrected chi connectivity index (χ1v) is 7.27. The van der Waals surface area contributed by atoms with Gasteiger partial charge in [0.25, 0.3) is 0 Å². The summed E-state index contributed by atoms with van der Waals surface area (Å²) in [5.41, 5.74) is 5.07. The third kappa shape index (κ3) is 2.79. The Bertz CT molecular complexity index is 570. The van der Waals surface area contributed by atoms with E-state index in [1.807, 2.05) is 6.92 Å². The molecular formula is C18H22O2. The molecule has 2 aromatic carbocycles. The first-order valence-electron chi connectivity index (χ1n) is 7.27. The molecule has 0 aliphatic heterocycles. The molecule has 2 aromatic rings. The van der Waals surface area contributed by atoms with Gasteiger partial charge in [-0.25, -0.2) is 0 Å². The van der Waals surface area contributed by atoms with Gasteiger partial charge < -0.3 is 10.2 Å². The molecule has 2 rings (SSSR count). The van der Waals surface area contributed by atoms with Gasteiger partial charge in [-0.15, -0.1) is 0 Å². The number of aryl methyl sites for hydroxylation is 2. The highest BCUT2D eigenvalue weighted by molar-refractivity contribution is 5.70. The van der Waals surface area contributed by atoms with Gasteiger partial charge in [-0.1, -0.05) is 39.0 Å². The number of aromatic hydroxyl groups is 2. The molecule has 0 saturated carbocycles. The molecule has 2 heteroatoms. The van der Waals surface area contributed by atoms with Gasteiger partial charge in [-0.05, 0) is 53.6 Å². The summed E-state index contributed by atoms with van der Waals surface area (Å²) in [6.45, 7) is 6.18. The van der Waals surface area contributed by atoms with Crippen molar-refractivity contribution in [3.63, 3.8) is 0 Å². The Morgan fingerprint density at radius 1 is 0.650 bits per heavy atom. The van der Waals surface area contributed by atoms with Crippen molar-refractivity contribution >= 4 is 0 Å². The molecule has 0 fully saturated rings. The van der Waals surface area contributed by atoms with E-state index in [0.29, 0.717) is 12.0 Å². The van der Waals surface area contributed by atoms with E-state index in [0.717, 1.165) is 24.0 Å². The van der Waals surface area contributed by atoms with E-state index in [-0.39, 0.29) is 11.5 Å². The van der Waals surface area contributed by atoms with Crippen LogP contribution >= 0.6 is 0 Å². The molecule has 0 spiro atoms. The van der Waals surface area contributed by atoms with Gasteiger partial charge in [0.2, 0.25) is 0 Å². The minimum absolute atomic E-state index is 0.169. The van der Waals surface area contributed by atoms with Crippen LogP contribution in [0.15, 0.2) is 30.3 Å². The van der Waals surface area contributed by atoms with E-state index in [2.05, 4.69) is 32.0 Å². The van der Waals surface area contributed by atoms with Crippen LogP contribution in [0.2, 0.25) is 0 Å². The third-order valence-electron chi connectivity index (χ3n) is 3.76. The lowest BCUT2D eigenvalue weighted by molar-refractivity contribution is 0.440. The van der Waals surface area contributed by atoms with Crippen LogP contribution in [0.25, 0.3) is 11.1 Å². The van der Waals surface area contributed by atoms with Gasteiger partial charge >= 0.3 is 0 Å². The van der Waals surface area contributed by atoms with Gasteiger partial charge in [0.1, 0.15) is 11.5 Å². The zero-order valence-corrected chi connectivity index (χ0v) is 12.4. The molecule has 20 heavy (non-hydrogen) atoms. The Morgan fingerprint density at radius 3 is 1.50 bits per heavy atom. The number of phenols is 2. The van der Waals surface area contributed by atoms with Crippen molar-refractivity contribution in [2.24, 2.45) is 0 Å². The molecule has 0 aromatic heterocycles. The fraction of sp³-hybridized carbons (Fsp3) is 0.333. The minimum atomic E-state index is 0.169. The molecule has 0 radical (unpaired) electrons. The number of benzene rings is 2. The highest BCUT2D eigenvalue weighted by Crippen LogP contribution is 2.34. The van der Waals surface area contributed by atoms with Gasteiger partial charge in [0, 0.05) is 5.56 Å². The lowest BCUT2D eigenvalue weighted by atomic mass is 9.96. The van der Waals surface area contributed by atoms with Crippen LogP contribution < -0.4 is 0 Å². The molecule has 106 valence electrons. The van der Waals surface area contributed by atoms with E-state index in [1.165, 1.54) is 11.1 Å². The maximum Gasteiger partial charge on any atom is 0.123 e. The Morgan fingerprint density at radius 2 is 1.10 bits per heavy atom. The van der Waals surface area contributed by atoms with Gasteiger partial charge in [-0.2, -0.15) is 0 Å². The van der Waals surface area contributed by atoms with Crippen LogP contribution in [-0.4, -0.2) is 10.2 Å². The summed E-state index contributed by atoms with van der Waals surface area (Å²) in [4.78, 5) is 0. The van der Waals surface area contributed by atoms with Crippen LogP contribution in [-0.2, 0) is 19.3 Å². The molecular weight excluding hydrogens is 248 g/mol. The van der Waals surface area contributed by atoms with Crippen molar-refractivity contribution in [1.29, 1.82) is 0 Å². The standard InChI is InChI=1S/C18H22O2/c1-4-12-7-13(5-2)9-14(8-12)15-10-17(19)16(6-3)18(20)11-15/h7-11,19-20H,4-6H2,1-3H3. The van der Waals surface area contributed by atoms with Crippen LogP contribution in [0.5, 0.6) is 11.5 Å². The zero-order valence-electron chi connectivity index (χ0n) is 12.4. The third-order valence-corrected chi connectivity index (χ3v) is 3.76. The monoisotopic (exact) mass is 270 g/mol. The summed E-state index contributed by atoms with van der Waals surface area (Å²) in [5, 5.41) is 20.1. The first-order chi connectivity index (χ1) is 9.58. The lowest BCUT2D eigenvalue weighted by Gasteiger charge is -2.11. The van der Waals surface area contributed by atoms with Crippen molar-refractivity contribution in [2.75, 3.05) is 0 Å². The molecule has 0 amide bonds. The normalized spacial score (nSPS) is 10.8. The SMILES string of the molecule is CCc1cc(CC)cc(-c2cc(O)c(CC)c(O)c2)c1. The minimum Gasteiger partial charge on any atom is -0.508 e. The van der Waals surface area contributed by atoms with E-state index in [1.54, 1.807) is 12.1 Å². The summed E-state index contributed by atoms with van der Waals surface area (Å²) in [7, 11) is 0. The number of phenolic OH excluding ortho intramolecular Hbond substituents is 2. The quantitative estimate of drug-likeness (QED) is 0.861. The summed E-state index contributed by atoms with van der Waals surface area (Å²) >= 11 is 0. The summed E-state index contributed by atoms with van der Waals surface area (Å²) in [6.07, 6.45) is 2.57.